The highest BCUT2D eigenvalue weighted by Crippen LogP contribution is 2.21. The number of carbonyl (C=O) groups is 2. The number of halogens is 1. The molecule has 1 fully saturated rings. The summed E-state index contributed by atoms with van der Waals surface area (Å²) in [5.41, 5.74) is 1.43. The van der Waals surface area contributed by atoms with Crippen molar-refractivity contribution in [3.63, 3.8) is 0 Å². The van der Waals surface area contributed by atoms with Gasteiger partial charge in [0.05, 0.1) is 12.2 Å². The van der Waals surface area contributed by atoms with Gasteiger partial charge in [-0.25, -0.2) is 0 Å². The number of likely N-dealkylation sites (tertiary alicyclic amines) is 1. The summed E-state index contributed by atoms with van der Waals surface area (Å²) < 4.78 is 0.921. The Labute approximate surface area is 142 Å². The zero-order valence-electron chi connectivity index (χ0n) is 12.5. The van der Waals surface area contributed by atoms with Crippen LogP contribution >= 0.6 is 15.9 Å². The summed E-state index contributed by atoms with van der Waals surface area (Å²) in [7, 11) is 0. The number of rotatable bonds is 4. The minimum atomic E-state index is -0.408. The van der Waals surface area contributed by atoms with Gasteiger partial charge in [0.2, 0.25) is 5.91 Å². The Morgan fingerprint density at radius 3 is 2.78 bits per heavy atom. The summed E-state index contributed by atoms with van der Waals surface area (Å²) in [6.07, 6.45) is 3.17. The van der Waals surface area contributed by atoms with Gasteiger partial charge in [0, 0.05) is 22.8 Å². The lowest BCUT2D eigenvalue weighted by atomic mass is 10.1. The lowest BCUT2D eigenvalue weighted by Gasteiger charge is -2.24. The molecule has 0 saturated carbocycles. The third-order valence-electron chi connectivity index (χ3n) is 3.92. The van der Waals surface area contributed by atoms with E-state index in [1.54, 1.807) is 29.3 Å². The molecule has 23 heavy (non-hydrogen) atoms. The first kappa shape index (κ1) is 15.7. The Hall–Kier alpha value is -2.15. The number of H-pyrrole nitrogens is 1. The van der Waals surface area contributed by atoms with Crippen LogP contribution in [0.15, 0.2) is 41.0 Å². The van der Waals surface area contributed by atoms with E-state index in [-0.39, 0.29) is 11.8 Å². The van der Waals surface area contributed by atoms with E-state index < -0.39 is 6.04 Å². The van der Waals surface area contributed by atoms with Crippen LogP contribution in [0.5, 0.6) is 0 Å². The number of hydrogen-bond donors (Lipinski definition) is 2. The van der Waals surface area contributed by atoms with Crippen LogP contribution in [-0.4, -0.2) is 39.5 Å². The van der Waals surface area contributed by atoms with Crippen molar-refractivity contribution in [2.24, 2.45) is 0 Å². The molecule has 0 aliphatic carbocycles. The molecule has 2 N–H and O–H groups in total. The van der Waals surface area contributed by atoms with Gasteiger partial charge in [-0.15, -0.1) is 0 Å². The largest absolute Gasteiger partial charge is 0.349 e. The van der Waals surface area contributed by atoms with Gasteiger partial charge in [-0.05, 0) is 43.2 Å². The molecule has 2 aromatic rings. The molecule has 1 saturated heterocycles. The van der Waals surface area contributed by atoms with E-state index in [1.165, 1.54) is 0 Å². The summed E-state index contributed by atoms with van der Waals surface area (Å²) in [5, 5.41) is 9.50. The molecule has 1 atom stereocenters. The molecule has 1 aromatic carbocycles. The van der Waals surface area contributed by atoms with Crippen LogP contribution in [0.1, 0.15) is 28.9 Å². The second-order valence-corrected chi connectivity index (χ2v) is 6.38. The highest BCUT2D eigenvalue weighted by atomic mass is 79.9. The van der Waals surface area contributed by atoms with E-state index >= 15 is 0 Å². The third kappa shape index (κ3) is 3.61. The second kappa shape index (κ2) is 6.95. The van der Waals surface area contributed by atoms with Gasteiger partial charge < -0.3 is 10.2 Å². The van der Waals surface area contributed by atoms with E-state index in [9.17, 15) is 9.59 Å². The number of carbonyl (C=O) groups excluding carboxylic acids is 2. The first-order valence-electron chi connectivity index (χ1n) is 7.47. The maximum Gasteiger partial charge on any atom is 0.254 e. The van der Waals surface area contributed by atoms with E-state index in [1.807, 2.05) is 12.1 Å². The molecule has 1 unspecified atom stereocenters. The maximum atomic E-state index is 12.6. The van der Waals surface area contributed by atoms with Crippen molar-refractivity contribution in [2.75, 3.05) is 6.54 Å². The fourth-order valence-electron chi connectivity index (χ4n) is 2.72. The Morgan fingerprint density at radius 1 is 1.30 bits per heavy atom. The van der Waals surface area contributed by atoms with Crippen molar-refractivity contribution < 1.29 is 9.59 Å². The molecular formula is C16H17BrN4O2. The van der Waals surface area contributed by atoms with Gasteiger partial charge in [0.15, 0.2) is 0 Å². The van der Waals surface area contributed by atoms with Gasteiger partial charge in [0.1, 0.15) is 6.04 Å². The van der Waals surface area contributed by atoms with Crippen LogP contribution in [0, 0.1) is 0 Å². The average molecular weight is 377 g/mol. The molecule has 0 radical (unpaired) electrons. The van der Waals surface area contributed by atoms with Crippen LogP contribution in [0.3, 0.4) is 0 Å². The number of aromatic amines is 1. The number of hydrogen-bond acceptors (Lipinski definition) is 3. The first-order chi connectivity index (χ1) is 11.1. The van der Waals surface area contributed by atoms with Crippen LogP contribution in [-0.2, 0) is 11.3 Å². The minimum absolute atomic E-state index is 0.100. The van der Waals surface area contributed by atoms with Crippen molar-refractivity contribution in [2.45, 2.75) is 25.4 Å². The van der Waals surface area contributed by atoms with Crippen LogP contribution in [0.25, 0.3) is 0 Å². The van der Waals surface area contributed by atoms with E-state index in [4.69, 9.17) is 0 Å². The van der Waals surface area contributed by atoms with Crippen molar-refractivity contribution in [3.8, 4) is 0 Å². The summed E-state index contributed by atoms with van der Waals surface area (Å²) in [6, 6.07) is 8.59. The SMILES string of the molecule is O=C(NCc1ccn[nH]1)C1CCCN1C(=O)c1ccc(Br)cc1. The van der Waals surface area contributed by atoms with Crippen molar-refractivity contribution in [1.82, 2.24) is 20.4 Å². The van der Waals surface area contributed by atoms with E-state index in [0.717, 1.165) is 16.6 Å². The lowest BCUT2D eigenvalue weighted by Crippen LogP contribution is -2.45. The molecule has 0 spiro atoms. The molecule has 120 valence electrons. The third-order valence-corrected chi connectivity index (χ3v) is 4.45. The maximum absolute atomic E-state index is 12.6. The number of aromatic nitrogens is 2. The normalized spacial score (nSPS) is 17.3. The van der Waals surface area contributed by atoms with Gasteiger partial charge in [-0.1, -0.05) is 15.9 Å². The zero-order chi connectivity index (χ0) is 16.2. The number of nitrogens with zero attached hydrogens (tertiary/aromatic N) is 2. The molecule has 3 rings (SSSR count). The smallest absolute Gasteiger partial charge is 0.254 e. The van der Waals surface area contributed by atoms with E-state index in [0.29, 0.717) is 25.1 Å². The first-order valence-corrected chi connectivity index (χ1v) is 8.27. The fraction of sp³-hybridized carbons (Fsp3) is 0.312. The monoisotopic (exact) mass is 376 g/mol. The molecule has 0 bridgehead atoms. The predicted octanol–water partition coefficient (Wildman–Crippen LogP) is 2.09. The van der Waals surface area contributed by atoms with Crippen LogP contribution < -0.4 is 5.32 Å². The highest BCUT2D eigenvalue weighted by Gasteiger charge is 2.34. The molecule has 1 aromatic heterocycles. The van der Waals surface area contributed by atoms with Crippen LogP contribution in [0.2, 0.25) is 0 Å². The van der Waals surface area contributed by atoms with Gasteiger partial charge in [-0.2, -0.15) is 5.10 Å². The van der Waals surface area contributed by atoms with Crippen molar-refractivity contribution >= 4 is 27.7 Å². The molecule has 7 heteroatoms. The second-order valence-electron chi connectivity index (χ2n) is 5.46. The molecule has 1 aliphatic heterocycles. The van der Waals surface area contributed by atoms with Crippen molar-refractivity contribution in [1.29, 1.82) is 0 Å². The molecule has 6 nitrogen and oxygen atoms in total. The average Bonchev–Trinajstić information content (AvgIpc) is 3.24. The van der Waals surface area contributed by atoms with Gasteiger partial charge in [-0.3, -0.25) is 14.7 Å². The number of nitrogens with one attached hydrogen (secondary N) is 2. The molecule has 2 amide bonds. The topological polar surface area (TPSA) is 78.1 Å². The Morgan fingerprint density at radius 2 is 2.09 bits per heavy atom. The summed E-state index contributed by atoms with van der Waals surface area (Å²) in [6.45, 7) is 0.993. The summed E-state index contributed by atoms with van der Waals surface area (Å²) in [4.78, 5) is 26.7. The molecule has 1 aliphatic rings. The predicted molar refractivity (Wildman–Crippen MR) is 88.6 cm³/mol. The lowest BCUT2D eigenvalue weighted by molar-refractivity contribution is -0.125. The molecular weight excluding hydrogens is 360 g/mol. The quantitative estimate of drug-likeness (QED) is 0.857. The standard InChI is InChI=1S/C16H17BrN4O2/c17-12-5-3-11(4-6-12)16(23)21-9-1-2-14(21)15(22)18-10-13-7-8-19-20-13/h3-8,14H,1-2,9-10H2,(H,18,22)(H,19,20). The minimum Gasteiger partial charge on any atom is -0.349 e. The number of benzene rings is 1. The van der Waals surface area contributed by atoms with Crippen molar-refractivity contribution in [3.05, 3.63) is 52.3 Å². The highest BCUT2D eigenvalue weighted by molar-refractivity contribution is 9.10. The molecule has 2 heterocycles. The number of amides is 2. The Kier molecular flexibility index (Phi) is 4.76. The van der Waals surface area contributed by atoms with Crippen LogP contribution in [0.4, 0.5) is 0 Å². The van der Waals surface area contributed by atoms with Gasteiger partial charge >= 0.3 is 0 Å². The zero-order valence-corrected chi connectivity index (χ0v) is 14.0. The fourth-order valence-corrected chi connectivity index (χ4v) is 2.99. The van der Waals surface area contributed by atoms with E-state index in [2.05, 4.69) is 31.4 Å². The Balaban J connectivity index is 1.65. The summed E-state index contributed by atoms with van der Waals surface area (Å²) >= 11 is 3.36. The summed E-state index contributed by atoms with van der Waals surface area (Å²) in [5.74, 6) is -0.223. The van der Waals surface area contributed by atoms with Gasteiger partial charge in [0.25, 0.3) is 5.91 Å². The Bertz CT molecular complexity index is 685.